The van der Waals surface area contributed by atoms with E-state index in [1.54, 1.807) is 40.7 Å². The molecule has 1 aromatic heterocycles. The van der Waals surface area contributed by atoms with E-state index in [4.69, 9.17) is 13.9 Å². The van der Waals surface area contributed by atoms with Gasteiger partial charge in [-0.2, -0.15) is 4.98 Å². The van der Waals surface area contributed by atoms with E-state index in [-0.39, 0.29) is 16.9 Å². The number of aromatic nitrogens is 1. The van der Waals surface area contributed by atoms with E-state index in [1.165, 1.54) is 13.2 Å². The fourth-order valence-corrected chi connectivity index (χ4v) is 2.58. The predicted octanol–water partition coefficient (Wildman–Crippen LogP) is 2.74. The van der Waals surface area contributed by atoms with Crippen LogP contribution in [0.25, 0.3) is 10.9 Å². The highest BCUT2D eigenvalue weighted by molar-refractivity contribution is 5.93. The maximum atomic E-state index is 12.5. The highest BCUT2D eigenvalue weighted by Crippen LogP contribution is 2.24. The zero-order valence-corrected chi connectivity index (χ0v) is 17.2. The van der Waals surface area contributed by atoms with Gasteiger partial charge in [0.2, 0.25) is 0 Å². The van der Waals surface area contributed by atoms with Crippen LogP contribution in [0.3, 0.4) is 0 Å². The molecule has 0 fully saturated rings. The van der Waals surface area contributed by atoms with Crippen molar-refractivity contribution in [3.05, 3.63) is 28.1 Å². The van der Waals surface area contributed by atoms with Crippen molar-refractivity contribution in [3.63, 3.8) is 0 Å². The lowest BCUT2D eigenvalue weighted by Crippen LogP contribution is -2.40. The lowest BCUT2D eigenvalue weighted by molar-refractivity contribution is -0.140. The minimum absolute atomic E-state index is 0.163. The van der Waals surface area contributed by atoms with E-state index in [2.05, 4.69) is 15.6 Å². The molecule has 29 heavy (non-hydrogen) atoms. The van der Waals surface area contributed by atoms with Gasteiger partial charge in [-0.3, -0.25) is 5.32 Å². The number of methoxy groups -OCH3 is 1. The first kappa shape index (κ1) is 22.2. The van der Waals surface area contributed by atoms with Gasteiger partial charge in [0.05, 0.1) is 17.0 Å². The number of carbonyl (C=O) groups excluding carboxylic acids is 1. The maximum Gasteiger partial charge on any atom is 0.412 e. The number of carbonyl (C=O) groups is 2. The molecule has 2 atom stereocenters. The molecule has 0 saturated carbocycles. The molecule has 0 unspecified atom stereocenters. The molecule has 158 valence electrons. The van der Waals surface area contributed by atoms with Crippen LogP contribution >= 0.6 is 0 Å². The van der Waals surface area contributed by atoms with Crippen molar-refractivity contribution in [1.29, 1.82) is 0 Å². The van der Waals surface area contributed by atoms with Crippen molar-refractivity contribution in [3.8, 4) is 0 Å². The topological polar surface area (TPSA) is 140 Å². The number of amides is 1. The molecule has 0 radical (unpaired) electrons. The molecule has 3 N–H and O–H groups in total. The van der Waals surface area contributed by atoms with Gasteiger partial charge >= 0.3 is 17.7 Å². The zero-order valence-electron chi connectivity index (χ0n) is 17.2. The molecule has 0 aliphatic rings. The van der Waals surface area contributed by atoms with Gasteiger partial charge in [-0.05, 0) is 52.3 Å². The molecule has 2 aromatic rings. The maximum absolute atomic E-state index is 12.5. The van der Waals surface area contributed by atoms with Gasteiger partial charge in [-0.25, -0.2) is 14.4 Å². The number of benzene rings is 1. The second-order valence-corrected chi connectivity index (χ2v) is 7.47. The monoisotopic (exact) mass is 407 g/mol. The fraction of sp³-hybridized carbons (Fsp3) is 0.474. The van der Waals surface area contributed by atoms with Crippen LogP contribution in [0.15, 0.2) is 21.3 Å². The molecule has 2 rings (SSSR count). The second-order valence-electron chi connectivity index (χ2n) is 7.47. The van der Waals surface area contributed by atoms with Crippen molar-refractivity contribution < 1.29 is 28.6 Å². The van der Waals surface area contributed by atoms with Crippen molar-refractivity contribution in [2.24, 2.45) is 0 Å². The molecule has 10 heteroatoms. The Morgan fingerprint density at radius 3 is 2.48 bits per heavy atom. The predicted molar refractivity (Wildman–Crippen MR) is 106 cm³/mol. The second kappa shape index (κ2) is 8.48. The summed E-state index contributed by atoms with van der Waals surface area (Å²) in [6.45, 7) is 8.41. The molecular weight excluding hydrogens is 382 g/mol. The zero-order chi connectivity index (χ0) is 21.9. The Bertz CT molecular complexity index is 978. The van der Waals surface area contributed by atoms with Gasteiger partial charge in [0.1, 0.15) is 5.60 Å². The number of carboxylic acid groups (broad SMARTS) is 1. The van der Waals surface area contributed by atoms with Crippen LogP contribution in [0, 0.1) is 6.92 Å². The minimum atomic E-state index is -1.18. The molecule has 1 heterocycles. The first-order valence-corrected chi connectivity index (χ1v) is 8.89. The number of aryl methyl sites for hydroxylation is 1. The van der Waals surface area contributed by atoms with Crippen LogP contribution in [0.1, 0.15) is 33.3 Å². The van der Waals surface area contributed by atoms with Crippen molar-refractivity contribution in [1.82, 2.24) is 4.98 Å². The molecule has 0 bridgehead atoms. The summed E-state index contributed by atoms with van der Waals surface area (Å²) in [7, 11) is 1.37. The fourth-order valence-electron chi connectivity index (χ4n) is 2.58. The highest BCUT2D eigenvalue weighted by atomic mass is 16.6. The number of nitrogens with zero attached hydrogens (tertiary/aromatic N) is 1. The van der Waals surface area contributed by atoms with E-state index in [1.807, 2.05) is 0 Å². The molecule has 10 nitrogen and oxygen atoms in total. The number of rotatable bonds is 6. The van der Waals surface area contributed by atoms with E-state index in [0.29, 0.717) is 11.3 Å². The molecule has 0 aliphatic heterocycles. The summed E-state index contributed by atoms with van der Waals surface area (Å²) in [4.78, 5) is 40.1. The minimum Gasteiger partial charge on any atom is -0.480 e. The van der Waals surface area contributed by atoms with Gasteiger partial charge in [0.25, 0.3) is 6.01 Å². The number of carboxylic acids is 1. The van der Waals surface area contributed by atoms with Crippen LogP contribution < -0.4 is 16.3 Å². The Hall–Kier alpha value is -3.14. The Morgan fingerprint density at radius 1 is 1.28 bits per heavy atom. The highest BCUT2D eigenvalue weighted by Gasteiger charge is 2.26. The van der Waals surface area contributed by atoms with Gasteiger partial charge in [-0.15, -0.1) is 0 Å². The van der Waals surface area contributed by atoms with Gasteiger partial charge in [0, 0.05) is 12.8 Å². The Balaban J connectivity index is 2.38. The Morgan fingerprint density at radius 2 is 1.93 bits per heavy atom. The van der Waals surface area contributed by atoms with E-state index in [9.17, 15) is 19.5 Å². The number of aliphatic carboxylic acids is 1. The summed E-state index contributed by atoms with van der Waals surface area (Å²) in [5, 5.41) is 14.6. The third-order valence-electron chi connectivity index (χ3n) is 4.08. The average Bonchev–Trinajstić information content (AvgIpc) is 2.59. The van der Waals surface area contributed by atoms with Gasteiger partial charge < -0.3 is 24.3 Å². The van der Waals surface area contributed by atoms with E-state index < -0.39 is 35.4 Å². The summed E-state index contributed by atoms with van der Waals surface area (Å²) in [5.74, 6) is -1.18. The number of hydrogen-bond acceptors (Lipinski definition) is 8. The largest absolute Gasteiger partial charge is 0.480 e. The van der Waals surface area contributed by atoms with Crippen LogP contribution in [0.5, 0.6) is 0 Å². The summed E-state index contributed by atoms with van der Waals surface area (Å²) >= 11 is 0. The van der Waals surface area contributed by atoms with Gasteiger partial charge in [0.15, 0.2) is 6.04 Å². The van der Waals surface area contributed by atoms with Crippen molar-refractivity contribution in [2.45, 2.75) is 52.4 Å². The van der Waals surface area contributed by atoms with Crippen LogP contribution in [0.2, 0.25) is 0 Å². The number of hydrogen-bond donors (Lipinski definition) is 3. The number of nitrogens with one attached hydrogen (secondary N) is 2. The quantitative estimate of drug-likeness (QED) is 0.659. The summed E-state index contributed by atoms with van der Waals surface area (Å²) in [5.41, 5.74) is -0.294. The van der Waals surface area contributed by atoms with E-state index >= 15 is 0 Å². The summed E-state index contributed by atoms with van der Waals surface area (Å²) < 4.78 is 15.4. The third-order valence-corrected chi connectivity index (χ3v) is 4.08. The average molecular weight is 407 g/mol. The lowest BCUT2D eigenvalue weighted by atomic mass is 10.1. The number of fused-ring (bicyclic) bond motifs is 1. The molecule has 1 aromatic carbocycles. The lowest BCUT2D eigenvalue weighted by Gasteiger charge is -2.20. The summed E-state index contributed by atoms with van der Waals surface area (Å²) in [6, 6.07) is 1.69. The first-order valence-electron chi connectivity index (χ1n) is 8.89. The molecule has 0 saturated heterocycles. The van der Waals surface area contributed by atoms with Crippen molar-refractivity contribution >= 4 is 34.7 Å². The van der Waals surface area contributed by atoms with Crippen molar-refractivity contribution in [2.75, 3.05) is 17.7 Å². The smallest absolute Gasteiger partial charge is 0.412 e. The number of anilines is 2. The molecule has 1 amide bonds. The Labute approximate surface area is 167 Å². The number of ether oxygens (including phenoxy) is 2. The summed E-state index contributed by atoms with van der Waals surface area (Å²) in [6.07, 6.45) is -1.36. The molecular formula is C19H25N3O7. The molecule has 0 aliphatic carbocycles. The van der Waals surface area contributed by atoms with Gasteiger partial charge in [-0.1, -0.05) is 0 Å². The third kappa shape index (κ3) is 5.44. The Kier molecular flexibility index (Phi) is 6.48. The van der Waals surface area contributed by atoms with E-state index in [0.717, 1.165) is 0 Å². The standard InChI is InChI=1S/C19H25N3O7/c1-9-11(21-18(26)29-19(3,4)5)7-8-12-13(9)16(25)28-17(20-12)22-14(15(23)24)10(2)27-6/h7-8,10,14H,1-6H3,(H,20,22)(H,21,26)(H,23,24)/t10-,14+/m1/s1. The van der Waals surface area contributed by atoms with Crippen LogP contribution in [0.4, 0.5) is 16.5 Å². The first-order chi connectivity index (χ1) is 13.4. The SMILES string of the molecule is CO[C@H](C)[C@H](Nc1nc2ccc(NC(=O)OC(C)(C)C)c(C)c2c(=O)o1)C(=O)O. The molecule has 0 spiro atoms. The normalized spacial score (nSPS) is 13.6. The van der Waals surface area contributed by atoms with Crippen LogP contribution in [-0.2, 0) is 14.3 Å². The van der Waals surface area contributed by atoms with Crippen LogP contribution in [-0.4, -0.2) is 47.0 Å².